The third-order valence-corrected chi connectivity index (χ3v) is 7.63. The highest BCUT2D eigenvalue weighted by atomic mass is 35.5. The molecule has 26 heavy (non-hydrogen) atoms. The molecule has 2 heterocycles. The van der Waals surface area contributed by atoms with Crippen LogP contribution >= 0.6 is 23.2 Å². The molecule has 2 aliphatic rings. The monoisotopic (exact) mass is 420 g/mol. The molecule has 0 aromatic heterocycles. The van der Waals surface area contributed by atoms with Crippen LogP contribution in [0.1, 0.15) is 5.56 Å². The van der Waals surface area contributed by atoms with Gasteiger partial charge >= 0.3 is 0 Å². The van der Waals surface area contributed by atoms with Crippen molar-refractivity contribution in [3.63, 3.8) is 0 Å². The fourth-order valence-electron chi connectivity index (χ4n) is 3.59. The molecular formula is C17H24Cl2N3O3S+. The number of sulfone groups is 1. The lowest BCUT2D eigenvalue weighted by Crippen LogP contribution is -3.16. The van der Waals surface area contributed by atoms with Gasteiger partial charge in [0.2, 0.25) is 0 Å². The number of hydrogen-bond donors (Lipinski definition) is 2. The van der Waals surface area contributed by atoms with Crippen molar-refractivity contribution in [1.82, 2.24) is 5.32 Å². The molecule has 1 aromatic rings. The molecule has 2 N–H and O–H groups in total. The number of aryl methyl sites for hydroxylation is 1. The maximum Gasteiger partial charge on any atom is 0.275 e. The quantitative estimate of drug-likeness (QED) is 0.665. The van der Waals surface area contributed by atoms with Gasteiger partial charge in [-0.05, 0) is 24.6 Å². The second-order valence-electron chi connectivity index (χ2n) is 7.11. The van der Waals surface area contributed by atoms with E-state index in [1.165, 1.54) is 10.5 Å². The Morgan fingerprint density at radius 2 is 2.00 bits per heavy atom. The molecule has 0 aliphatic carbocycles. The fourth-order valence-corrected chi connectivity index (χ4v) is 6.30. The minimum atomic E-state index is -3.14. The van der Waals surface area contributed by atoms with E-state index < -0.39 is 21.3 Å². The molecule has 2 atom stereocenters. The van der Waals surface area contributed by atoms with E-state index in [1.54, 1.807) is 0 Å². The lowest BCUT2D eigenvalue weighted by Gasteiger charge is -2.34. The summed E-state index contributed by atoms with van der Waals surface area (Å²) in [5.41, 5.74) is 2.33. The second kappa shape index (κ2) is 7.92. The third kappa shape index (κ3) is 4.82. The van der Waals surface area contributed by atoms with Crippen molar-refractivity contribution in [2.45, 2.75) is 18.3 Å². The number of anilines is 1. The molecule has 144 valence electrons. The Morgan fingerprint density at radius 1 is 1.31 bits per heavy atom. The Labute approximate surface area is 164 Å². The summed E-state index contributed by atoms with van der Waals surface area (Å²) in [6, 6.07) is 5.40. The smallest absolute Gasteiger partial charge is 0.275 e. The number of halogens is 2. The van der Waals surface area contributed by atoms with Crippen LogP contribution in [0.5, 0.6) is 0 Å². The van der Waals surface area contributed by atoms with Crippen LogP contribution < -0.4 is 15.1 Å². The van der Waals surface area contributed by atoms with Gasteiger partial charge in [-0.3, -0.25) is 4.79 Å². The predicted molar refractivity (Wildman–Crippen MR) is 104 cm³/mol. The van der Waals surface area contributed by atoms with Crippen molar-refractivity contribution in [2.75, 3.05) is 49.1 Å². The van der Waals surface area contributed by atoms with E-state index in [0.29, 0.717) is 6.54 Å². The van der Waals surface area contributed by atoms with E-state index in [1.807, 2.05) is 18.2 Å². The molecular weight excluding hydrogens is 397 g/mol. The molecule has 2 aliphatic heterocycles. The minimum Gasteiger partial charge on any atom is -0.360 e. The van der Waals surface area contributed by atoms with Crippen molar-refractivity contribution in [1.29, 1.82) is 0 Å². The standard InChI is InChI=1S/C17H23Cl2N3O3S/c1-12-2-3-13(18)8-16(12)22-6-4-21(5-7-22)9-17(23)20-15-11-26(24,25)10-14(15)19/h2-3,8,14-15H,4-7,9-11H2,1H3,(H,20,23)/p+1/t14-,15+/m0/s1. The number of nitrogens with one attached hydrogen (secondary N) is 2. The summed E-state index contributed by atoms with van der Waals surface area (Å²) in [7, 11) is -3.14. The van der Waals surface area contributed by atoms with Gasteiger partial charge in [0.1, 0.15) is 0 Å². The molecule has 0 radical (unpaired) electrons. The average molecular weight is 421 g/mol. The van der Waals surface area contributed by atoms with Crippen molar-refractivity contribution in [3.8, 4) is 0 Å². The number of alkyl halides is 1. The Hall–Kier alpha value is -1.02. The molecule has 2 fully saturated rings. The van der Waals surface area contributed by atoms with E-state index >= 15 is 0 Å². The van der Waals surface area contributed by atoms with Crippen LogP contribution in [0, 0.1) is 6.92 Å². The lowest BCUT2D eigenvalue weighted by molar-refractivity contribution is -0.892. The van der Waals surface area contributed by atoms with Crippen LogP contribution in [0.4, 0.5) is 5.69 Å². The van der Waals surface area contributed by atoms with Gasteiger partial charge in [0.15, 0.2) is 16.4 Å². The first-order chi connectivity index (χ1) is 12.2. The van der Waals surface area contributed by atoms with Crippen LogP contribution in [0.15, 0.2) is 18.2 Å². The van der Waals surface area contributed by atoms with Gasteiger partial charge < -0.3 is 15.1 Å². The first-order valence-corrected chi connectivity index (χ1v) is 11.4. The summed E-state index contributed by atoms with van der Waals surface area (Å²) in [6.07, 6.45) is 0. The molecule has 0 saturated carbocycles. The molecule has 0 bridgehead atoms. The number of nitrogens with zero attached hydrogens (tertiary/aromatic N) is 1. The number of carbonyl (C=O) groups is 1. The van der Waals surface area contributed by atoms with Crippen molar-refractivity contribution >= 4 is 44.6 Å². The van der Waals surface area contributed by atoms with Crippen molar-refractivity contribution in [3.05, 3.63) is 28.8 Å². The molecule has 2 saturated heterocycles. The van der Waals surface area contributed by atoms with E-state index in [-0.39, 0.29) is 17.4 Å². The zero-order valence-corrected chi connectivity index (χ0v) is 17.0. The number of amides is 1. The zero-order valence-electron chi connectivity index (χ0n) is 14.7. The van der Waals surface area contributed by atoms with Gasteiger partial charge in [-0.2, -0.15) is 0 Å². The van der Waals surface area contributed by atoms with Crippen molar-refractivity contribution < 1.29 is 18.1 Å². The number of rotatable bonds is 4. The van der Waals surface area contributed by atoms with Gasteiger partial charge in [-0.15, -0.1) is 11.6 Å². The molecule has 3 rings (SSSR count). The summed E-state index contributed by atoms with van der Waals surface area (Å²) < 4.78 is 23.2. The third-order valence-electron chi connectivity index (χ3n) is 5.02. The second-order valence-corrected chi connectivity index (χ2v) is 10.3. The van der Waals surface area contributed by atoms with E-state index in [2.05, 4.69) is 17.1 Å². The van der Waals surface area contributed by atoms with Gasteiger partial charge in [-0.1, -0.05) is 17.7 Å². The molecule has 0 spiro atoms. The van der Waals surface area contributed by atoms with Crippen LogP contribution in [-0.4, -0.2) is 70.0 Å². The Bertz CT molecular complexity index is 779. The molecule has 1 aromatic carbocycles. The summed E-state index contributed by atoms with van der Waals surface area (Å²) in [4.78, 5) is 15.7. The van der Waals surface area contributed by atoms with E-state index in [4.69, 9.17) is 23.2 Å². The Morgan fingerprint density at radius 3 is 2.62 bits per heavy atom. The predicted octanol–water partition coefficient (Wildman–Crippen LogP) is -0.126. The Kier molecular flexibility index (Phi) is 6.01. The van der Waals surface area contributed by atoms with Crippen LogP contribution in [0.3, 0.4) is 0 Å². The summed E-state index contributed by atoms with van der Waals surface area (Å²) >= 11 is 12.2. The average Bonchev–Trinajstić information content (AvgIpc) is 2.82. The summed E-state index contributed by atoms with van der Waals surface area (Å²) in [5.74, 6) is -0.270. The highest BCUT2D eigenvalue weighted by Gasteiger charge is 2.37. The van der Waals surface area contributed by atoms with Crippen LogP contribution in [-0.2, 0) is 14.6 Å². The topological polar surface area (TPSA) is 70.9 Å². The maximum atomic E-state index is 12.3. The normalized spacial score (nSPS) is 26.0. The first kappa shape index (κ1) is 19.7. The minimum absolute atomic E-state index is 0.0654. The number of benzene rings is 1. The van der Waals surface area contributed by atoms with Crippen LogP contribution in [0.2, 0.25) is 5.02 Å². The molecule has 0 unspecified atom stereocenters. The summed E-state index contributed by atoms with van der Waals surface area (Å²) in [5, 5.41) is 2.97. The Balaban J connectivity index is 1.49. The van der Waals surface area contributed by atoms with Gasteiger partial charge in [0, 0.05) is 10.7 Å². The maximum absolute atomic E-state index is 12.3. The lowest BCUT2D eigenvalue weighted by atomic mass is 10.1. The summed E-state index contributed by atoms with van der Waals surface area (Å²) in [6.45, 7) is 5.78. The van der Waals surface area contributed by atoms with Gasteiger partial charge in [-0.25, -0.2) is 8.42 Å². The van der Waals surface area contributed by atoms with Crippen LogP contribution in [0.25, 0.3) is 0 Å². The number of carbonyl (C=O) groups excluding carboxylic acids is 1. The first-order valence-electron chi connectivity index (χ1n) is 8.72. The van der Waals surface area contributed by atoms with Crippen molar-refractivity contribution in [2.24, 2.45) is 0 Å². The number of hydrogen-bond acceptors (Lipinski definition) is 4. The molecule has 9 heteroatoms. The number of quaternary nitrogens is 1. The molecule has 1 amide bonds. The number of piperazine rings is 1. The fraction of sp³-hybridized carbons (Fsp3) is 0.588. The highest BCUT2D eigenvalue weighted by molar-refractivity contribution is 7.91. The largest absolute Gasteiger partial charge is 0.360 e. The highest BCUT2D eigenvalue weighted by Crippen LogP contribution is 2.24. The van der Waals surface area contributed by atoms with E-state index in [9.17, 15) is 13.2 Å². The van der Waals surface area contributed by atoms with Gasteiger partial charge in [0.25, 0.3) is 5.91 Å². The SMILES string of the molecule is Cc1ccc(Cl)cc1N1CC[NH+](CC(=O)N[C@@H]2CS(=O)(=O)C[C@@H]2Cl)CC1. The molecule has 6 nitrogen and oxygen atoms in total. The van der Waals surface area contributed by atoms with E-state index in [0.717, 1.165) is 36.9 Å². The zero-order chi connectivity index (χ0) is 18.9. The van der Waals surface area contributed by atoms with Gasteiger partial charge in [0.05, 0.1) is 49.1 Å².